The number of carbonyl (C=O) groups is 1. The van der Waals surface area contributed by atoms with E-state index in [-0.39, 0.29) is 11.7 Å². The summed E-state index contributed by atoms with van der Waals surface area (Å²) in [6, 6.07) is 6.07. The zero-order valence-corrected chi connectivity index (χ0v) is 14.6. The second kappa shape index (κ2) is 7.35. The molecule has 2 atom stereocenters. The van der Waals surface area contributed by atoms with Gasteiger partial charge in [0.05, 0.1) is 12.1 Å². The SMILES string of the molecule is CCc1[nH]nc(C(=O)N2CCC[C@H](O)[C@@H]2Cc2ccccc2F)c1C. The lowest BCUT2D eigenvalue weighted by Gasteiger charge is -2.39. The fourth-order valence-electron chi connectivity index (χ4n) is 3.55. The third kappa shape index (κ3) is 3.44. The van der Waals surface area contributed by atoms with Crippen molar-refractivity contribution in [3.05, 3.63) is 52.6 Å². The molecule has 1 saturated heterocycles. The van der Waals surface area contributed by atoms with E-state index < -0.39 is 12.1 Å². The Morgan fingerprint density at radius 3 is 2.88 bits per heavy atom. The Bertz CT molecular complexity index is 759. The molecule has 1 aromatic carbocycles. The van der Waals surface area contributed by atoms with Crippen LogP contribution in [0.1, 0.15) is 47.1 Å². The highest BCUT2D eigenvalue weighted by atomic mass is 19.1. The fraction of sp³-hybridized carbons (Fsp3) is 0.474. The van der Waals surface area contributed by atoms with Gasteiger partial charge in [-0.2, -0.15) is 5.10 Å². The Morgan fingerprint density at radius 2 is 2.20 bits per heavy atom. The van der Waals surface area contributed by atoms with E-state index in [9.17, 15) is 14.3 Å². The normalized spacial score (nSPS) is 20.7. The number of amides is 1. The molecule has 2 heterocycles. The number of aromatic nitrogens is 2. The Labute approximate surface area is 146 Å². The van der Waals surface area contributed by atoms with Crippen molar-refractivity contribution in [2.24, 2.45) is 0 Å². The fourth-order valence-corrected chi connectivity index (χ4v) is 3.55. The summed E-state index contributed by atoms with van der Waals surface area (Å²) >= 11 is 0. The van der Waals surface area contributed by atoms with Crippen LogP contribution in [0.4, 0.5) is 4.39 Å². The van der Waals surface area contributed by atoms with Crippen molar-refractivity contribution in [2.45, 2.75) is 51.7 Å². The van der Waals surface area contributed by atoms with Crippen molar-refractivity contribution in [2.75, 3.05) is 6.54 Å². The number of benzene rings is 1. The number of nitrogens with one attached hydrogen (secondary N) is 1. The zero-order valence-electron chi connectivity index (χ0n) is 14.6. The third-order valence-electron chi connectivity index (χ3n) is 5.06. The number of aryl methyl sites for hydroxylation is 1. The molecular weight excluding hydrogens is 321 g/mol. The van der Waals surface area contributed by atoms with Crippen molar-refractivity contribution in [3.63, 3.8) is 0 Å². The summed E-state index contributed by atoms with van der Waals surface area (Å²) in [5.74, 6) is -0.509. The number of carbonyl (C=O) groups excluding carboxylic acids is 1. The average Bonchev–Trinajstić information content (AvgIpc) is 2.98. The first-order valence-electron chi connectivity index (χ1n) is 8.79. The number of piperidine rings is 1. The van der Waals surface area contributed by atoms with E-state index in [4.69, 9.17) is 0 Å². The summed E-state index contributed by atoms with van der Waals surface area (Å²) in [4.78, 5) is 14.7. The maximum atomic E-state index is 14.0. The first kappa shape index (κ1) is 17.6. The largest absolute Gasteiger partial charge is 0.391 e. The predicted octanol–water partition coefficient (Wildman–Crippen LogP) is 2.63. The number of hydrogen-bond donors (Lipinski definition) is 2. The van der Waals surface area contributed by atoms with Crippen LogP contribution in [0.3, 0.4) is 0 Å². The number of aliphatic hydroxyl groups excluding tert-OH is 1. The van der Waals surface area contributed by atoms with E-state index in [1.165, 1.54) is 6.07 Å². The van der Waals surface area contributed by atoms with E-state index in [2.05, 4.69) is 10.2 Å². The molecule has 1 aromatic heterocycles. The van der Waals surface area contributed by atoms with Gasteiger partial charge in [-0.25, -0.2) is 4.39 Å². The number of rotatable bonds is 4. The van der Waals surface area contributed by atoms with E-state index in [1.807, 2.05) is 13.8 Å². The maximum Gasteiger partial charge on any atom is 0.274 e. The standard InChI is InChI=1S/C19H24FN3O2/c1-3-15-12(2)18(22-21-15)19(25)23-10-6-9-17(24)16(23)11-13-7-4-5-8-14(13)20/h4-5,7-8,16-17,24H,3,6,9-11H2,1-2H3,(H,21,22)/t16-,17-/m0/s1. The van der Waals surface area contributed by atoms with Gasteiger partial charge in [0.15, 0.2) is 5.69 Å². The van der Waals surface area contributed by atoms with Gasteiger partial charge in [-0.3, -0.25) is 9.89 Å². The summed E-state index contributed by atoms with van der Waals surface area (Å²) in [7, 11) is 0. The summed E-state index contributed by atoms with van der Waals surface area (Å²) in [5, 5.41) is 17.5. The lowest BCUT2D eigenvalue weighted by Crippen LogP contribution is -2.52. The van der Waals surface area contributed by atoms with E-state index in [0.29, 0.717) is 30.6 Å². The van der Waals surface area contributed by atoms with Gasteiger partial charge in [0.25, 0.3) is 5.91 Å². The topological polar surface area (TPSA) is 69.2 Å². The number of likely N-dealkylation sites (tertiary alicyclic amines) is 1. The first-order valence-corrected chi connectivity index (χ1v) is 8.79. The molecule has 6 heteroatoms. The van der Waals surface area contributed by atoms with E-state index in [1.54, 1.807) is 23.1 Å². The van der Waals surface area contributed by atoms with Gasteiger partial charge < -0.3 is 10.0 Å². The van der Waals surface area contributed by atoms with Crippen molar-refractivity contribution >= 4 is 5.91 Å². The van der Waals surface area contributed by atoms with Crippen molar-refractivity contribution < 1.29 is 14.3 Å². The first-order chi connectivity index (χ1) is 12.0. The summed E-state index contributed by atoms with van der Waals surface area (Å²) in [5.41, 5.74) is 2.69. The van der Waals surface area contributed by atoms with Gasteiger partial charge in [-0.1, -0.05) is 25.1 Å². The minimum atomic E-state index is -0.665. The molecule has 1 aliphatic heterocycles. The smallest absolute Gasteiger partial charge is 0.274 e. The van der Waals surface area contributed by atoms with Crippen LogP contribution >= 0.6 is 0 Å². The third-order valence-corrected chi connectivity index (χ3v) is 5.06. The van der Waals surface area contributed by atoms with Crippen LogP contribution in [0.25, 0.3) is 0 Å². The second-order valence-corrected chi connectivity index (χ2v) is 6.60. The van der Waals surface area contributed by atoms with Crippen LogP contribution in [-0.4, -0.2) is 44.8 Å². The molecule has 5 nitrogen and oxygen atoms in total. The molecule has 0 radical (unpaired) electrons. The molecule has 0 spiro atoms. The van der Waals surface area contributed by atoms with Crippen LogP contribution in [0.15, 0.2) is 24.3 Å². The van der Waals surface area contributed by atoms with E-state index in [0.717, 1.165) is 24.1 Å². The molecule has 1 amide bonds. The highest BCUT2D eigenvalue weighted by Gasteiger charge is 2.35. The number of halogens is 1. The molecule has 1 fully saturated rings. The molecular formula is C19H24FN3O2. The monoisotopic (exact) mass is 345 g/mol. The quantitative estimate of drug-likeness (QED) is 0.895. The number of H-pyrrole nitrogens is 1. The second-order valence-electron chi connectivity index (χ2n) is 6.60. The minimum absolute atomic E-state index is 0.200. The lowest BCUT2D eigenvalue weighted by atomic mass is 9.92. The Hall–Kier alpha value is -2.21. The van der Waals surface area contributed by atoms with Gasteiger partial charge in [-0.15, -0.1) is 0 Å². The van der Waals surface area contributed by atoms with Crippen LogP contribution in [0.5, 0.6) is 0 Å². The number of nitrogens with zero attached hydrogens (tertiary/aromatic N) is 2. The summed E-state index contributed by atoms with van der Waals surface area (Å²) in [6.07, 6.45) is 1.74. The van der Waals surface area contributed by atoms with Crippen molar-refractivity contribution in [1.29, 1.82) is 0 Å². The van der Waals surface area contributed by atoms with Crippen LogP contribution in [0, 0.1) is 12.7 Å². The number of aromatic amines is 1. The molecule has 0 bridgehead atoms. The molecule has 3 rings (SSSR count). The minimum Gasteiger partial charge on any atom is -0.391 e. The zero-order chi connectivity index (χ0) is 18.0. The Balaban J connectivity index is 1.88. The highest BCUT2D eigenvalue weighted by Crippen LogP contribution is 2.25. The molecule has 1 aliphatic rings. The van der Waals surface area contributed by atoms with Crippen molar-refractivity contribution in [3.8, 4) is 0 Å². The van der Waals surface area contributed by atoms with Gasteiger partial charge >= 0.3 is 0 Å². The molecule has 0 saturated carbocycles. The summed E-state index contributed by atoms with van der Waals surface area (Å²) in [6.45, 7) is 4.42. The van der Waals surface area contributed by atoms with Crippen molar-refractivity contribution in [1.82, 2.24) is 15.1 Å². The molecule has 0 aliphatic carbocycles. The molecule has 2 N–H and O–H groups in total. The Morgan fingerprint density at radius 1 is 1.44 bits per heavy atom. The number of hydrogen-bond acceptors (Lipinski definition) is 3. The van der Waals surface area contributed by atoms with Gasteiger partial charge in [0, 0.05) is 17.8 Å². The van der Waals surface area contributed by atoms with Gasteiger partial charge in [-0.05, 0) is 44.2 Å². The van der Waals surface area contributed by atoms with Gasteiger partial charge in [0.1, 0.15) is 5.82 Å². The predicted molar refractivity (Wildman–Crippen MR) is 92.9 cm³/mol. The number of aliphatic hydroxyl groups is 1. The Kier molecular flexibility index (Phi) is 5.18. The molecule has 0 unspecified atom stereocenters. The van der Waals surface area contributed by atoms with Gasteiger partial charge in [0.2, 0.25) is 0 Å². The lowest BCUT2D eigenvalue weighted by molar-refractivity contribution is 0.0112. The maximum absolute atomic E-state index is 14.0. The van der Waals surface area contributed by atoms with Crippen LogP contribution < -0.4 is 0 Å². The molecule has 25 heavy (non-hydrogen) atoms. The molecule has 134 valence electrons. The van der Waals surface area contributed by atoms with Crippen LogP contribution in [0.2, 0.25) is 0 Å². The molecule has 2 aromatic rings. The average molecular weight is 345 g/mol. The summed E-state index contributed by atoms with van der Waals surface area (Å²) < 4.78 is 14.0. The highest BCUT2D eigenvalue weighted by molar-refractivity contribution is 5.94. The van der Waals surface area contributed by atoms with Crippen LogP contribution in [-0.2, 0) is 12.8 Å². The van der Waals surface area contributed by atoms with E-state index >= 15 is 0 Å².